The smallest absolute Gasteiger partial charge is 0.0725 e. The third-order valence-corrected chi connectivity index (χ3v) is 16.6. The number of para-hydroxylation sites is 2. The molecule has 14 aromatic rings. The zero-order valence-corrected chi connectivity index (χ0v) is 41.0. The number of nitrogens with zero attached hydrogens (tertiary/aromatic N) is 2. The number of benzene rings is 13. The van der Waals surface area contributed by atoms with Gasteiger partial charge in [-0.15, -0.1) is 0 Å². The minimum Gasteiger partial charge on any atom is -0.310 e. The lowest BCUT2D eigenvalue weighted by atomic mass is 9.70. The average molecular weight is 951 g/mol. The second-order valence-corrected chi connectivity index (χ2v) is 20.3. The van der Waals surface area contributed by atoms with Crippen LogP contribution in [0.3, 0.4) is 0 Å². The molecule has 2 nitrogen and oxygen atoms in total. The highest BCUT2D eigenvalue weighted by Gasteiger charge is 2.51. The van der Waals surface area contributed by atoms with Gasteiger partial charge in [-0.05, 0) is 166 Å². The Balaban J connectivity index is 0.811. The Morgan fingerprint density at radius 1 is 0.240 bits per heavy atom. The van der Waals surface area contributed by atoms with Gasteiger partial charge in [-0.1, -0.05) is 212 Å². The summed E-state index contributed by atoms with van der Waals surface area (Å²) in [4.78, 5) is 2.42. The maximum absolute atomic E-state index is 2.48. The van der Waals surface area contributed by atoms with Gasteiger partial charge in [0.05, 0.1) is 16.4 Å². The molecule has 16 rings (SSSR count). The van der Waals surface area contributed by atoms with Crippen LogP contribution in [0.5, 0.6) is 0 Å². The quantitative estimate of drug-likeness (QED) is 0.151. The molecule has 0 bridgehead atoms. The molecule has 2 heteroatoms. The van der Waals surface area contributed by atoms with E-state index in [2.05, 4.69) is 289 Å². The van der Waals surface area contributed by atoms with Crippen molar-refractivity contribution < 1.29 is 0 Å². The summed E-state index contributed by atoms with van der Waals surface area (Å²) in [7, 11) is 0. The first-order valence-corrected chi connectivity index (χ1v) is 26.1. The van der Waals surface area contributed by atoms with Crippen LogP contribution in [0, 0.1) is 0 Å². The molecule has 0 saturated carbocycles. The number of hydrogen-bond donors (Lipinski definition) is 0. The molecule has 1 aromatic heterocycles. The van der Waals surface area contributed by atoms with Gasteiger partial charge in [-0.2, -0.15) is 0 Å². The van der Waals surface area contributed by atoms with Crippen LogP contribution in [0.2, 0.25) is 0 Å². The van der Waals surface area contributed by atoms with Gasteiger partial charge in [0.1, 0.15) is 0 Å². The molecule has 0 aliphatic heterocycles. The zero-order valence-electron chi connectivity index (χ0n) is 41.0. The molecule has 348 valence electrons. The number of aromatic nitrogens is 1. The third-order valence-electron chi connectivity index (χ3n) is 16.6. The van der Waals surface area contributed by atoms with Gasteiger partial charge in [-0.3, -0.25) is 0 Å². The normalized spacial score (nSPS) is 12.9. The monoisotopic (exact) mass is 950 g/mol. The predicted molar refractivity (Wildman–Crippen MR) is 315 cm³/mol. The molecule has 1 spiro atoms. The summed E-state index contributed by atoms with van der Waals surface area (Å²) in [5.41, 5.74) is 21.9. The van der Waals surface area contributed by atoms with Crippen LogP contribution < -0.4 is 4.90 Å². The summed E-state index contributed by atoms with van der Waals surface area (Å²) in [6.45, 7) is 0. The molecule has 0 amide bonds. The van der Waals surface area contributed by atoms with E-state index in [9.17, 15) is 0 Å². The van der Waals surface area contributed by atoms with Crippen LogP contribution in [0.25, 0.3) is 104 Å². The molecule has 1 heterocycles. The van der Waals surface area contributed by atoms with Crippen molar-refractivity contribution in [3.8, 4) is 50.2 Å². The van der Waals surface area contributed by atoms with E-state index in [-0.39, 0.29) is 0 Å². The van der Waals surface area contributed by atoms with Gasteiger partial charge in [-0.25, -0.2) is 0 Å². The average Bonchev–Trinajstić information content (AvgIpc) is 4.10. The summed E-state index contributed by atoms with van der Waals surface area (Å²) in [6.07, 6.45) is 0. The van der Waals surface area contributed by atoms with Crippen molar-refractivity contribution in [1.29, 1.82) is 0 Å². The molecule has 0 N–H and O–H groups in total. The summed E-state index contributed by atoms with van der Waals surface area (Å²) in [6, 6.07) is 104. The third kappa shape index (κ3) is 6.02. The number of rotatable bonds is 6. The van der Waals surface area contributed by atoms with Gasteiger partial charge in [0.15, 0.2) is 0 Å². The van der Waals surface area contributed by atoms with Crippen molar-refractivity contribution in [2.24, 2.45) is 0 Å². The van der Waals surface area contributed by atoms with Crippen molar-refractivity contribution >= 4 is 71.2 Å². The van der Waals surface area contributed by atoms with E-state index in [1.807, 2.05) is 0 Å². The van der Waals surface area contributed by atoms with Crippen molar-refractivity contribution in [2.45, 2.75) is 5.41 Å². The molecule has 0 radical (unpaired) electrons. The van der Waals surface area contributed by atoms with Gasteiger partial charge < -0.3 is 9.47 Å². The van der Waals surface area contributed by atoms with Crippen molar-refractivity contribution in [1.82, 2.24) is 4.57 Å². The molecule has 0 fully saturated rings. The van der Waals surface area contributed by atoms with E-state index >= 15 is 0 Å². The van der Waals surface area contributed by atoms with Crippen LogP contribution in [-0.4, -0.2) is 4.57 Å². The highest BCUT2D eigenvalue weighted by molar-refractivity contribution is 6.26. The number of fused-ring (bicyclic) bond motifs is 19. The van der Waals surface area contributed by atoms with Crippen LogP contribution in [-0.2, 0) is 5.41 Å². The first-order chi connectivity index (χ1) is 37.2. The van der Waals surface area contributed by atoms with Gasteiger partial charge in [0.25, 0.3) is 0 Å². The molecule has 2 aliphatic carbocycles. The summed E-state index contributed by atoms with van der Waals surface area (Å²) in [5, 5.41) is 10.1. The molecular weight excluding hydrogens is 905 g/mol. The fraction of sp³-hybridized carbons (Fsp3) is 0.0137. The molecule has 0 unspecified atom stereocenters. The van der Waals surface area contributed by atoms with Crippen LogP contribution in [0.4, 0.5) is 17.1 Å². The lowest BCUT2D eigenvalue weighted by Crippen LogP contribution is -2.25. The first-order valence-electron chi connectivity index (χ1n) is 26.1. The van der Waals surface area contributed by atoms with E-state index in [0.29, 0.717) is 0 Å². The Kier molecular flexibility index (Phi) is 8.99. The number of anilines is 3. The van der Waals surface area contributed by atoms with E-state index in [0.717, 1.165) is 22.7 Å². The Labute approximate surface area is 435 Å². The molecule has 75 heavy (non-hydrogen) atoms. The zero-order chi connectivity index (χ0) is 49.2. The fourth-order valence-electron chi connectivity index (χ4n) is 13.4. The maximum atomic E-state index is 2.48. The Morgan fingerprint density at radius 2 is 0.600 bits per heavy atom. The molecule has 2 aliphatic rings. The predicted octanol–water partition coefficient (Wildman–Crippen LogP) is 19.4. The van der Waals surface area contributed by atoms with E-state index in [1.54, 1.807) is 0 Å². The van der Waals surface area contributed by atoms with Crippen LogP contribution in [0.15, 0.2) is 279 Å². The van der Waals surface area contributed by atoms with Crippen molar-refractivity contribution in [2.75, 3.05) is 4.90 Å². The summed E-state index contributed by atoms with van der Waals surface area (Å²) in [5.74, 6) is 0. The standard InChI is InChI=1S/C73H46N2/c1-2-17-57-55(15-1)56-16-3-4-18-58(56)66-46-54(42-44-59(57)66)74(51-36-29-47(30-37-51)48-31-40-53(41-32-48)75-71-27-13-8-22-64(71)65-23-9-14-28-72(65)75)52-38-33-49(34-39-52)50-35-43-63-62-21-7-12-26-69(62)73(70(63)45-50)67-24-10-5-19-60(67)61-20-6-11-25-68(61)73/h1-46H. The minimum absolute atomic E-state index is 0.391. The number of hydrogen-bond acceptors (Lipinski definition) is 1. The molecule has 0 saturated heterocycles. The molecule has 13 aromatic carbocycles. The highest BCUT2D eigenvalue weighted by atomic mass is 15.1. The van der Waals surface area contributed by atoms with Gasteiger partial charge in [0.2, 0.25) is 0 Å². The molecule has 0 atom stereocenters. The maximum Gasteiger partial charge on any atom is 0.0725 e. The van der Waals surface area contributed by atoms with Gasteiger partial charge >= 0.3 is 0 Å². The van der Waals surface area contributed by atoms with Crippen LogP contribution >= 0.6 is 0 Å². The molecular formula is C73H46N2. The Morgan fingerprint density at radius 3 is 1.11 bits per heavy atom. The van der Waals surface area contributed by atoms with Crippen molar-refractivity contribution in [3.05, 3.63) is 301 Å². The lowest BCUT2D eigenvalue weighted by Gasteiger charge is -2.30. The summed E-state index contributed by atoms with van der Waals surface area (Å²) < 4.78 is 2.38. The topological polar surface area (TPSA) is 8.17 Å². The Bertz CT molecular complexity index is 4480. The SMILES string of the molecule is c1ccc2c(c1)-c1ccccc1C21c2ccccc2-c2ccc(-c3ccc(N(c4ccc(-c5ccc(-n6c7ccccc7c7ccccc76)cc5)cc4)c4ccc5c6ccccc6c6ccccc6c5c4)cc3)cc21. The fourth-order valence-corrected chi connectivity index (χ4v) is 13.4. The highest BCUT2D eigenvalue weighted by Crippen LogP contribution is 2.63. The second kappa shape index (κ2) is 16.1. The first kappa shape index (κ1) is 41.8. The van der Waals surface area contributed by atoms with Gasteiger partial charge in [0, 0.05) is 33.5 Å². The summed E-state index contributed by atoms with van der Waals surface area (Å²) >= 11 is 0. The lowest BCUT2D eigenvalue weighted by molar-refractivity contribution is 0.794. The van der Waals surface area contributed by atoms with Crippen LogP contribution in [0.1, 0.15) is 22.3 Å². The second-order valence-electron chi connectivity index (χ2n) is 20.3. The minimum atomic E-state index is -0.391. The van der Waals surface area contributed by atoms with E-state index < -0.39 is 5.41 Å². The Hall–Kier alpha value is -9.76. The largest absolute Gasteiger partial charge is 0.310 e. The van der Waals surface area contributed by atoms with E-state index in [1.165, 1.54) is 121 Å². The van der Waals surface area contributed by atoms with Crippen molar-refractivity contribution in [3.63, 3.8) is 0 Å². The van der Waals surface area contributed by atoms with E-state index in [4.69, 9.17) is 0 Å².